The Morgan fingerprint density at radius 2 is 2.00 bits per heavy atom. The molecule has 1 fully saturated rings. The fourth-order valence-corrected chi connectivity index (χ4v) is 4.55. The summed E-state index contributed by atoms with van der Waals surface area (Å²) >= 11 is 0. The number of ether oxygens (including phenoxy) is 1. The van der Waals surface area contributed by atoms with E-state index in [1.54, 1.807) is 12.1 Å². The van der Waals surface area contributed by atoms with Crippen LogP contribution in [0.25, 0.3) is 0 Å². The van der Waals surface area contributed by atoms with Crippen molar-refractivity contribution in [2.75, 3.05) is 7.11 Å². The Morgan fingerprint density at radius 3 is 2.60 bits per heavy atom. The Morgan fingerprint density at radius 1 is 1.30 bits per heavy atom. The number of nitriles is 1. The number of nitrogens with zero attached hydrogens (tertiary/aromatic N) is 1. The number of rotatable bonds is 4. The quantitative estimate of drug-likeness (QED) is 0.856. The van der Waals surface area contributed by atoms with Crippen LogP contribution in [0.1, 0.15) is 32.1 Å². The largest absolute Gasteiger partial charge is 0.497 e. The fraction of sp³-hybridized carbons (Fsp3) is 0.533. The highest BCUT2D eigenvalue weighted by molar-refractivity contribution is 7.92. The minimum atomic E-state index is -3.62. The second kappa shape index (κ2) is 6.27. The van der Waals surface area contributed by atoms with Crippen LogP contribution in [0.3, 0.4) is 0 Å². The number of benzene rings is 1. The van der Waals surface area contributed by atoms with Crippen molar-refractivity contribution in [3.63, 3.8) is 0 Å². The molecular weight excluding hydrogens is 274 g/mol. The summed E-state index contributed by atoms with van der Waals surface area (Å²) in [5.74, 6) is 0.441. The molecule has 0 spiro atoms. The molecule has 1 aromatic rings. The Bertz CT molecular complexity index is 598. The van der Waals surface area contributed by atoms with Gasteiger partial charge in [0.15, 0.2) is 15.1 Å². The van der Waals surface area contributed by atoms with Crippen molar-refractivity contribution in [3.8, 4) is 11.8 Å². The zero-order valence-corrected chi connectivity index (χ0v) is 12.4. The number of hydrogen-bond acceptors (Lipinski definition) is 4. The van der Waals surface area contributed by atoms with E-state index in [1.165, 1.54) is 19.2 Å². The zero-order chi connectivity index (χ0) is 14.6. The van der Waals surface area contributed by atoms with Gasteiger partial charge < -0.3 is 4.74 Å². The predicted octanol–water partition coefficient (Wildman–Crippen LogP) is 2.94. The van der Waals surface area contributed by atoms with E-state index >= 15 is 0 Å². The van der Waals surface area contributed by atoms with Crippen molar-refractivity contribution < 1.29 is 13.2 Å². The molecule has 5 heteroatoms. The Labute approximate surface area is 120 Å². The maximum absolute atomic E-state index is 12.7. The molecule has 1 unspecified atom stereocenters. The van der Waals surface area contributed by atoms with Gasteiger partial charge in [0.25, 0.3) is 0 Å². The second-order valence-corrected chi connectivity index (χ2v) is 7.24. The molecule has 0 heterocycles. The molecule has 0 radical (unpaired) electrons. The number of sulfone groups is 1. The summed E-state index contributed by atoms with van der Waals surface area (Å²) < 4.78 is 30.4. The van der Waals surface area contributed by atoms with E-state index in [2.05, 4.69) is 0 Å². The monoisotopic (exact) mass is 293 g/mol. The van der Waals surface area contributed by atoms with Crippen LogP contribution in [0.4, 0.5) is 0 Å². The number of hydrogen-bond donors (Lipinski definition) is 0. The van der Waals surface area contributed by atoms with E-state index < -0.39 is 15.1 Å². The Kier molecular flexibility index (Phi) is 4.66. The minimum absolute atomic E-state index is 0.0510. The maximum atomic E-state index is 12.7. The van der Waals surface area contributed by atoms with Gasteiger partial charge in [-0.3, -0.25) is 0 Å². The van der Waals surface area contributed by atoms with Crippen molar-refractivity contribution in [2.24, 2.45) is 5.92 Å². The van der Waals surface area contributed by atoms with Gasteiger partial charge in [0.1, 0.15) is 5.75 Å². The summed E-state index contributed by atoms with van der Waals surface area (Å²) in [6.45, 7) is 0. The van der Waals surface area contributed by atoms with Crippen LogP contribution in [-0.4, -0.2) is 20.8 Å². The van der Waals surface area contributed by atoms with Gasteiger partial charge in [-0.25, -0.2) is 8.42 Å². The summed E-state index contributed by atoms with van der Waals surface area (Å²) in [5, 5.41) is 8.39. The van der Waals surface area contributed by atoms with Crippen LogP contribution in [0.15, 0.2) is 29.2 Å². The minimum Gasteiger partial charge on any atom is -0.497 e. The molecule has 0 aromatic heterocycles. The Hall–Kier alpha value is -1.54. The third-order valence-corrected chi connectivity index (χ3v) is 5.98. The van der Waals surface area contributed by atoms with Crippen molar-refractivity contribution in [1.82, 2.24) is 0 Å². The van der Waals surface area contributed by atoms with Gasteiger partial charge in [-0.1, -0.05) is 25.3 Å². The van der Waals surface area contributed by atoms with Crippen LogP contribution >= 0.6 is 0 Å². The highest BCUT2D eigenvalue weighted by Gasteiger charge is 2.35. The average Bonchev–Trinajstić information content (AvgIpc) is 2.49. The van der Waals surface area contributed by atoms with Gasteiger partial charge in [-0.2, -0.15) is 5.26 Å². The second-order valence-electron chi connectivity index (χ2n) is 5.17. The molecule has 1 aliphatic rings. The van der Waals surface area contributed by atoms with E-state index in [4.69, 9.17) is 4.74 Å². The van der Waals surface area contributed by atoms with Crippen molar-refractivity contribution >= 4 is 9.84 Å². The first kappa shape index (κ1) is 14.9. The van der Waals surface area contributed by atoms with E-state index in [1.807, 2.05) is 6.07 Å². The van der Waals surface area contributed by atoms with Gasteiger partial charge >= 0.3 is 0 Å². The van der Waals surface area contributed by atoms with Gasteiger partial charge in [0.05, 0.1) is 18.1 Å². The van der Waals surface area contributed by atoms with Crippen molar-refractivity contribution in [1.29, 1.82) is 5.26 Å². The first-order valence-electron chi connectivity index (χ1n) is 6.87. The van der Waals surface area contributed by atoms with Crippen LogP contribution in [-0.2, 0) is 9.84 Å². The van der Waals surface area contributed by atoms with E-state index in [9.17, 15) is 13.7 Å². The fourth-order valence-electron chi connectivity index (χ4n) is 2.79. The molecule has 0 amide bonds. The van der Waals surface area contributed by atoms with E-state index in [-0.39, 0.29) is 10.8 Å². The SMILES string of the molecule is COc1cccc(S(=O)(=O)C(C#N)C2CCCCC2)c1. The normalized spacial score (nSPS) is 18.2. The highest BCUT2D eigenvalue weighted by atomic mass is 32.2. The molecule has 0 N–H and O–H groups in total. The summed E-state index contributed by atoms with van der Waals surface area (Å²) in [6, 6.07) is 8.38. The lowest BCUT2D eigenvalue weighted by Gasteiger charge is -2.25. The van der Waals surface area contributed by atoms with Crippen LogP contribution in [0.5, 0.6) is 5.75 Å². The molecule has 0 bridgehead atoms. The van der Waals surface area contributed by atoms with Gasteiger partial charge in [-0.15, -0.1) is 0 Å². The van der Waals surface area contributed by atoms with Gasteiger partial charge in [0, 0.05) is 0 Å². The van der Waals surface area contributed by atoms with Crippen molar-refractivity contribution in [2.45, 2.75) is 42.2 Å². The first-order valence-corrected chi connectivity index (χ1v) is 8.42. The third-order valence-electron chi connectivity index (χ3n) is 3.91. The van der Waals surface area contributed by atoms with Crippen LogP contribution in [0, 0.1) is 17.2 Å². The van der Waals surface area contributed by atoms with Crippen LogP contribution in [0.2, 0.25) is 0 Å². The molecule has 0 saturated heterocycles. The molecule has 1 atom stereocenters. The number of methoxy groups -OCH3 is 1. The molecule has 1 aliphatic carbocycles. The smallest absolute Gasteiger partial charge is 0.194 e. The lowest BCUT2D eigenvalue weighted by molar-refractivity contribution is 0.362. The third kappa shape index (κ3) is 2.96. The lowest BCUT2D eigenvalue weighted by atomic mass is 9.87. The summed E-state index contributed by atoms with van der Waals surface area (Å²) in [7, 11) is -2.13. The first-order chi connectivity index (χ1) is 9.59. The lowest BCUT2D eigenvalue weighted by Crippen LogP contribution is -2.30. The molecule has 2 rings (SSSR count). The summed E-state index contributed by atoms with van der Waals surface area (Å²) in [6.07, 6.45) is 4.80. The maximum Gasteiger partial charge on any atom is 0.194 e. The molecule has 1 saturated carbocycles. The van der Waals surface area contributed by atoms with Gasteiger partial charge in [-0.05, 0) is 37.0 Å². The van der Waals surface area contributed by atoms with E-state index in [0.29, 0.717) is 5.75 Å². The molecule has 1 aromatic carbocycles. The highest BCUT2D eigenvalue weighted by Crippen LogP contribution is 2.33. The predicted molar refractivity (Wildman–Crippen MR) is 76.2 cm³/mol. The molecule has 4 nitrogen and oxygen atoms in total. The molecular formula is C15H19NO3S. The standard InChI is InChI=1S/C15H19NO3S/c1-19-13-8-5-9-14(10-13)20(17,18)15(11-16)12-6-3-2-4-7-12/h5,8-10,12,15H,2-4,6-7H2,1H3. The van der Waals surface area contributed by atoms with E-state index in [0.717, 1.165) is 32.1 Å². The average molecular weight is 293 g/mol. The van der Waals surface area contributed by atoms with Gasteiger partial charge in [0.2, 0.25) is 0 Å². The van der Waals surface area contributed by atoms with Crippen molar-refractivity contribution in [3.05, 3.63) is 24.3 Å². The van der Waals surface area contributed by atoms with Crippen LogP contribution < -0.4 is 4.74 Å². The Balaban J connectivity index is 2.33. The molecule has 108 valence electrons. The summed E-state index contributed by atoms with van der Waals surface area (Å²) in [5.41, 5.74) is 0. The zero-order valence-electron chi connectivity index (χ0n) is 11.6. The molecule has 20 heavy (non-hydrogen) atoms. The topological polar surface area (TPSA) is 67.2 Å². The molecule has 0 aliphatic heterocycles. The summed E-state index contributed by atoms with van der Waals surface area (Å²) in [4.78, 5) is 0.175.